The van der Waals surface area contributed by atoms with Crippen molar-refractivity contribution in [2.75, 3.05) is 6.54 Å². The molecule has 2 heterocycles. The molecule has 2 saturated heterocycles. The zero-order valence-electron chi connectivity index (χ0n) is 10.3. The SMILES string of the molecule is C#CCNC(=O)N1C2CCC1CC(CC(=O)O)C2. The number of urea groups is 1. The molecule has 5 nitrogen and oxygen atoms in total. The van der Waals surface area contributed by atoms with Gasteiger partial charge in [0.25, 0.3) is 0 Å². The van der Waals surface area contributed by atoms with Crippen LogP contribution in [-0.2, 0) is 4.79 Å². The molecule has 0 aromatic heterocycles. The molecule has 2 amide bonds. The number of carboxylic acids is 1. The Balaban J connectivity index is 1.95. The van der Waals surface area contributed by atoms with Crippen LogP contribution in [0.3, 0.4) is 0 Å². The summed E-state index contributed by atoms with van der Waals surface area (Å²) in [6, 6.07) is 0.269. The molecule has 18 heavy (non-hydrogen) atoms. The molecule has 2 aliphatic heterocycles. The fraction of sp³-hybridized carbons (Fsp3) is 0.692. The van der Waals surface area contributed by atoms with Crippen LogP contribution in [0.1, 0.15) is 32.1 Å². The van der Waals surface area contributed by atoms with Gasteiger partial charge in [-0.1, -0.05) is 5.92 Å². The van der Waals surface area contributed by atoms with Crippen LogP contribution >= 0.6 is 0 Å². The van der Waals surface area contributed by atoms with Crippen molar-refractivity contribution in [3.05, 3.63) is 0 Å². The smallest absolute Gasteiger partial charge is 0.318 e. The quantitative estimate of drug-likeness (QED) is 0.735. The normalized spacial score (nSPS) is 29.7. The number of carbonyl (C=O) groups excluding carboxylic acids is 1. The zero-order valence-corrected chi connectivity index (χ0v) is 10.3. The lowest BCUT2D eigenvalue weighted by Crippen LogP contribution is -2.51. The van der Waals surface area contributed by atoms with Crippen molar-refractivity contribution in [3.63, 3.8) is 0 Å². The number of carboxylic acid groups (broad SMARTS) is 1. The average molecular weight is 250 g/mol. The van der Waals surface area contributed by atoms with E-state index >= 15 is 0 Å². The van der Waals surface area contributed by atoms with E-state index in [1.165, 1.54) is 0 Å². The summed E-state index contributed by atoms with van der Waals surface area (Å²) in [5.41, 5.74) is 0. The number of piperidine rings is 1. The van der Waals surface area contributed by atoms with E-state index in [1.807, 2.05) is 4.90 Å². The van der Waals surface area contributed by atoms with Gasteiger partial charge in [0.1, 0.15) is 0 Å². The molecule has 2 bridgehead atoms. The van der Waals surface area contributed by atoms with E-state index < -0.39 is 5.97 Å². The molecule has 0 radical (unpaired) electrons. The Bertz CT molecular complexity index is 374. The van der Waals surface area contributed by atoms with E-state index in [-0.39, 0.29) is 37.0 Å². The molecule has 2 N–H and O–H groups in total. The van der Waals surface area contributed by atoms with Crippen LogP contribution in [0.15, 0.2) is 0 Å². The molecule has 2 unspecified atom stereocenters. The maximum Gasteiger partial charge on any atom is 0.318 e. The lowest BCUT2D eigenvalue weighted by Gasteiger charge is -2.38. The molecule has 2 aliphatic rings. The Kier molecular flexibility index (Phi) is 3.75. The molecule has 5 heteroatoms. The van der Waals surface area contributed by atoms with Crippen molar-refractivity contribution >= 4 is 12.0 Å². The highest BCUT2D eigenvalue weighted by Crippen LogP contribution is 2.39. The van der Waals surface area contributed by atoms with Crippen molar-refractivity contribution in [3.8, 4) is 12.3 Å². The summed E-state index contributed by atoms with van der Waals surface area (Å²) < 4.78 is 0. The molecule has 0 aromatic carbocycles. The van der Waals surface area contributed by atoms with Gasteiger partial charge in [0.15, 0.2) is 0 Å². The van der Waals surface area contributed by atoms with E-state index in [4.69, 9.17) is 11.5 Å². The van der Waals surface area contributed by atoms with Gasteiger partial charge in [-0.05, 0) is 31.6 Å². The van der Waals surface area contributed by atoms with Gasteiger partial charge >= 0.3 is 12.0 Å². The Morgan fingerprint density at radius 1 is 1.33 bits per heavy atom. The fourth-order valence-corrected chi connectivity index (χ4v) is 3.25. The Hall–Kier alpha value is -1.70. The lowest BCUT2D eigenvalue weighted by molar-refractivity contribution is -0.138. The lowest BCUT2D eigenvalue weighted by atomic mass is 9.88. The number of rotatable bonds is 3. The Morgan fingerprint density at radius 2 is 1.94 bits per heavy atom. The molecular formula is C13H18N2O3. The number of aliphatic carboxylic acids is 1. The van der Waals surface area contributed by atoms with Gasteiger partial charge in [0, 0.05) is 18.5 Å². The van der Waals surface area contributed by atoms with Crippen LogP contribution in [0.5, 0.6) is 0 Å². The molecule has 2 fully saturated rings. The standard InChI is InChI=1S/C13H18N2O3/c1-2-5-14-13(18)15-10-3-4-11(15)7-9(6-10)8-12(16)17/h1,9-11H,3-8H2,(H,14,18)(H,16,17). The highest BCUT2D eigenvalue weighted by atomic mass is 16.4. The number of carbonyl (C=O) groups is 2. The van der Waals surface area contributed by atoms with Crippen molar-refractivity contribution < 1.29 is 14.7 Å². The predicted octanol–water partition coefficient (Wildman–Crippen LogP) is 1.05. The largest absolute Gasteiger partial charge is 0.481 e. The van der Waals surface area contributed by atoms with Gasteiger partial charge in [-0.15, -0.1) is 6.42 Å². The van der Waals surface area contributed by atoms with E-state index in [0.717, 1.165) is 25.7 Å². The summed E-state index contributed by atoms with van der Waals surface area (Å²) in [5, 5.41) is 11.5. The van der Waals surface area contributed by atoms with Gasteiger partial charge < -0.3 is 15.3 Å². The highest BCUT2D eigenvalue weighted by Gasteiger charge is 2.43. The number of fused-ring (bicyclic) bond motifs is 2. The summed E-state index contributed by atoms with van der Waals surface area (Å²) in [5.74, 6) is 1.85. The number of terminal acetylenes is 1. The molecule has 0 saturated carbocycles. The summed E-state index contributed by atoms with van der Waals surface area (Å²) in [7, 11) is 0. The third-order valence-electron chi connectivity index (χ3n) is 3.87. The molecule has 2 rings (SSSR count). The summed E-state index contributed by atoms with van der Waals surface area (Å²) >= 11 is 0. The average Bonchev–Trinajstić information content (AvgIpc) is 2.57. The van der Waals surface area contributed by atoms with Gasteiger partial charge in [-0.2, -0.15) is 0 Å². The minimum absolute atomic E-state index is 0.103. The number of nitrogens with zero attached hydrogens (tertiary/aromatic N) is 1. The first-order chi connectivity index (χ1) is 8.61. The van der Waals surface area contributed by atoms with Crippen LogP contribution in [0.25, 0.3) is 0 Å². The minimum Gasteiger partial charge on any atom is -0.481 e. The van der Waals surface area contributed by atoms with Crippen molar-refractivity contribution in [2.24, 2.45) is 5.92 Å². The van der Waals surface area contributed by atoms with Gasteiger partial charge in [0.05, 0.1) is 6.54 Å². The van der Waals surface area contributed by atoms with E-state index in [9.17, 15) is 9.59 Å². The first-order valence-electron chi connectivity index (χ1n) is 6.33. The Morgan fingerprint density at radius 3 is 2.44 bits per heavy atom. The maximum atomic E-state index is 11.9. The van der Waals surface area contributed by atoms with Crippen molar-refractivity contribution in [1.82, 2.24) is 10.2 Å². The molecule has 0 aliphatic carbocycles. The molecular weight excluding hydrogens is 232 g/mol. The summed E-state index contributed by atoms with van der Waals surface area (Å²) in [6.45, 7) is 0.243. The molecule has 98 valence electrons. The first kappa shape index (κ1) is 12.7. The Labute approximate surface area is 107 Å². The fourth-order valence-electron chi connectivity index (χ4n) is 3.25. The number of nitrogens with one attached hydrogen (secondary N) is 1. The summed E-state index contributed by atoms with van der Waals surface area (Å²) in [6.07, 6.45) is 8.88. The first-order valence-corrected chi connectivity index (χ1v) is 6.33. The second-order valence-electron chi connectivity index (χ2n) is 5.09. The molecule has 0 aromatic rings. The van der Waals surface area contributed by atoms with Crippen molar-refractivity contribution in [2.45, 2.75) is 44.2 Å². The third kappa shape index (κ3) is 2.58. The number of hydrogen-bond acceptors (Lipinski definition) is 2. The van der Waals surface area contributed by atoms with Gasteiger partial charge in [0.2, 0.25) is 0 Å². The zero-order chi connectivity index (χ0) is 13.1. The van der Waals surface area contributed by atoms with Gasteiger partial charge in [-0.3, -0.25) is 4.79 Å². The van der Waals surface area contributed by atoms with Gasteiger partial charge in [-0.25, -0.2) is 4.79 Å². The third-order valence-corrected chi connectivity index (χ3v) is 3.87. The minimum atomic E-state index is -0.746. The topological polar surface area (TPSA) is 69.6 Å². The predicted molar refractivity (Wildman–Crippen MR) is 65.9 cm³/mol. The van der Waals surface area contributed by atoms with Crippen LogP contribution in [0.4, 0.5) is 4.79 Å². The monoisotopic (exact) mass is 250 g/mol. The second-order valence-corrected chi connectivity index (χ2v) is 5.09. The van der Waals surface area contributed by atoms with E-state index in [0.29, 0.717) is 0 Å². The van der Waals surface area contributed by atoms with Crippen LogP contribution < -0.4 is 5.32 Å². The van der Waals surface area contributed by atoms with Crippen LogP contribution in [-0.4, -0.2) is 40.6 Å². The number of hydrogen-bond donors (Lipinski definition) is 2. The van der Waals surface area contributed by atoms with E-state index in [1.54, 1.807) is 0 Å². The second kappa shape index (κ2) is 5.30. The van der Waals surface area contributed by atoms with E-state index in [2.05, 4.69) is 11.2 Å². The number of amides is 2. The van der Waals surface area contributed by atoms with Crippen molar-refractivity contribution in [1.29, 1.82) is 0 Å². The molecule has 0 spiro atoms. The summed E-state index contributed by atoms with van der Waals surface area (Å²) in [4.78, 5) is 24.6. The maximum absolute atomic E-state index is 11.9. The molecule has 2 atom stereocenters. The highest BCUT2D eigenvalue weighted by molar-refractivity contribution is 5.76. The van der Waals surface area contributed by atoms with Crippen LogP contribution in [0, 0.1) is 18.3 Å². The van der Waals surface area contributed by atoms with Crippen LogP contribution in [0.2, 0.25) is 0 Å².